The van der Waals surface area contributed by atoms with E-state index in [2.05, 4.69) is 72.6 Å². The average Bonchev–Trinajstić information content (AvgIpc) is 2.91. The zero-order valence-corrected chi connectivity index (χ0v) is 21.1. The lowest BCUT2D eigenvalue weighted by atomic mass is 9.96. The van der Waals surface area contributed by atoms with Gasteiger partial charge in [-0.05, 0) is 34.7 Å². The van der Waals surface area contributed by atoms with E-state index in [0.29, 0.717) is 19.0 Å². The minimum absolute atomic E-state index is 0.0836. The van der Waals surface area contributed by atoms with Crippen molar-refractivity contribution in [3.63, 3.8) is 0 Å². The lowest BCUT2D eigenvalue weighted by Crippen LogP contribution is -2.50. The van der Waals surface area contributed by atoms with Crippen LogP contribution in [0, 0.1) is 0 Å². The van der Waals surface area contributed by atoms with Crippen molar-refractivity contribution in [3.8, 4) is 0 Å². The third-order valence-corrected chi connectivity index (χ3v) is 6.58. The molecular formula is C30H35N3O3. The predicted molar refractivity (Wildman–Crippen MR) is 143 cm³/mol. The molecule has 188 valence electrons. The molecule has 0 radical (unpaired) electrons. The summed E-state index contributed by atoms with van der Waals surface area (Å²) < 4.78 is 5.44. The van der Waals surface area contributed by atoms with Crippen LogP contribution >= 0.6 is 0 Å². The second-order valence-electron chi connectivity index (χ2n) is 9.46. The number of carbonyl (C=O) groups excluding carboxylic acids is 2. The van der Waals surface area contributed by atoms with Crippen molar-refractivity contribution in [2.24, 2.45) is 0 Å². The number of hydrogen-bond donors (Lipinski definition) is 1. The Bertz CT molecular complexity index is 1070. The van der Waals surface area contributed by atoms with Gasteiger partial charge in [0.1, 0.15) is 13.2 Å². The van der Waals surface area contributed by atoms with Crippen LogP contribution in [0.25, 0.3) is 0 Å². The first-order valence-electron chi connectivity index (χ1n) is 12.6. The Morgan fingerprint density at radius 2 is 1.31 bits per heavy atom. The molecule has 4 rings (SSSR count). The van der Waals surface area contributed by atoms with Crippen molar-refractivity contribution in [2.45, 2.75) is 25.8 Å². The Balaban J connectivity index is 1.24. The van der Waals surface area contributed by atoms with Crippen molar-refractivity contribution in [2.75, 3.05) is 44.7 Å². The van der Waals surface area contributed by atoms with Gasteiger partial charge in [0.2, 0.25) is 11.8 Å². The molecule has 0 atom stereocenters. The van der Waals surface area contributed by atoms with Crippen LogP contribution in [0.15, 0.2) is 84.9 Å². The van der Waals surface area contributed by atoms with Crippen molar-refractivity contribution >= 4 is 17.5 Å². The van der Waals surface area contributed by atoms with E-state index in [4.69, 9.17) is 4.74 Å². The van der Waals surface area contributed by atoms with E-state index in [1.807, 2.05) is 41.3 Å². The molecule has 0 bridgehead atoms. The van der Waals surface area contributed by atoms with Gasteiger partial charge >= 0.3 is 0 Å². The third kappa shape index (κ3) is 6.80. The molecule has 1 aliphatic heterocycles. The lowest BCUT2D eigenvalue weighted by Gasteiger charge is -2.39. The summed E-state index contributed by atoms with van der Waals surface area (Å²) in [6.07, 6.45) is 0. The van der Waals surface area contributed by atoms with Crippen LogP contribution < -0.4 is 5.32 Å². The van der Waals surface area contributed by atoms with Gasteiger partial charge in [-0.3, -0.25) is 14.5 Å². The van der Waals surface area contributed by atoms with Crippen LogP contribution in [0.2, 0.25) is 0 Å². The molecule has 0 unspecified atom stereocenters. The maximum atomic E-state index is 12.7. The van der Waals surface area contributed by atoms with Crippen LogP contribution in [0.5, 0.6) is 0 Å². The summed E-state index contributed by atoms with van der Waals surface area (Å²) in [6.45, 7) is 6.81. The molecule has 0 spiro atoms. The Hall–Kier alpha value is -3.48. The highest BCUT2D eigenvalue weighted by atomic mass is 16.5. The molecule has 6 heteroatoms. The van der Waals surface area contributed by atoms with Gasteiger partial charge in [-0.1, -0.05) is 86.6 Å². The molecule has 0 aromatic heterocycles. The normalized spacial score (nSPS) is 14.3. The monoisotopic (exact) mass is 485 g/mol. The van der Waals surface area contributed by atoms with Crippen LogP contribution in [0.4, 0.5) is 5.69 Å². The summed E-state index contributed by atoms with van der Waals surface area (Å²) >= 11 is 0. The second kappa shape index (κ2) is 12.5. The van der Waals surface area contributed by atoms with Crippen LogP contribution in [-0.4, -0.2) is 61.0 Å². The molecule has 1 fully saturated rings. The topological polar surface area (TPSA) is 61.9 Å². The van der Waals surface area contributed by atoms with Crippen molar-refractivity contribution < 1.29 is 14.3 Å². The molecular weight excluding hydrogens is 450 g/mol. The first kappa shape index (κ1) is 25.6. The van der Waals surface area contributed by atoms with Gasteiger partial charge in [0.25, 0.3) is 0 Å². The highest BCUT2D eigenvalue weighted by Crippen LogP contribution is 2.29. The number of amides is 2. The third-order valence-electron chi connectivity index (χ3n) is 6.58. The fourth-order valence-corrected chi connectivity index (χ4v) is 4.59. The van der Waals surface area contributed by atoms with E-state index >= 15 is 0 Å². The van der Waals surface area contributed by atoms with Crippen LogP contribution in [0.1, 0.15) is 42.5 Å². The molecule has 6 nitrogen and oxygen atoms in total. The molecule has 1 saturated heterocycles. The molecule has 36 heavy (non-hydrogen) atoms. The molecule has 0 saturated carbocycles. The highest BCUT2D eigenvalue weighted by Gasteiger charge is 2.28. The number of piperazine rings is 1. The summed E-state index contributed by atoms with van der Waals surface area (Å²) in [5, 5.41) is 2.82. The number of nitrogens with one attached hydrogen (secondary N) is 1. The van der Waals surface area contributed by atoms with E-state index in [9.17, 15) is 9.59 Å². The van der Waals surface area contributed by atoms with Gasteiger partial charge in [0.15, 0.2) is 0 Å². The Morgan fingerprint density at radius 3 is 1.83 bits per heavy atom. The number of ether oxygens (including phenoxy) is 1. The first-order chi connectivity index (χ1) is 17.5. The van der Waals surface area contributed by atoms with Gasteiger partial charge in [0.05, 0.1) is 6.04 Å². The Morgan fingerprint density at radius 1 is 0.750 bits per heavy atom. The van der Waals surface area contributed by atoms with E-state index in [1.54, 1.807) is 0 Å². The smallest absolute Gasteiger partial charge is 0.250 e. The highest BCUT2D eigenvalue weighted by molar-refractivity contribution is 5.91. The van der Waals surface area contributed by atoms with Gasteiger partial charge < -0.3 is 15.0 Å². The van der Waals surface area contributed by atoms with Crippen LogP contribution in [-0.2, 0) is 14.3 Å². The second-order valence-corrected chi connectivity index (χ2v) is 9.46. The number of hydrogen-bond acceptors (Lipinski definition) is 4. The molecule has 1 heterocycles. The molecule has 0 aliphatic carbocycles. The summed E-state index contributed by atoms with van der Waals surface area (Å²) in [5.74, 6) is 0.0896. The standard InChI is InChI=1S/C30H35N3O3/c1-23(2)24-13-15-27(16-14-24)31-28(34)21-36-22-29(35)32-17-19-33(20-18-32)30(25-9-5-3-6-10-25)26-11-7-4-8-12-26/h3-16,23,30H,17-22H2,1-2H3,(H,31,34). The molecule has 3 aromatic carbocycles. The SMILES string of the molecule is CC(C)c1ccc(NC(=O)COCC(=O)N2CCN(C(c3ccccc3)c3ccccc3)CC2)cc1. The molecule has 1 aliphatic rings. The summed E-state index contributed by atoms with van der Waals surface area (Å²) in [4.78, 5) is 29.2. The zero-order chi connectivity index (χ0) is 25.3. The first-order valence-corrected chi connectivity index (χ1v) is 12.6. The molecule has 3 aromatic rings. The van der Waals surface area contributed by atoms with Crippen molar-refractivity contribution in [1.82, 2.24) is 9.80 Å². The number of nitrogens with zero attached hydrogens (tertiary/aromatic N) is 2. The van der Waals surface area contributed by atoms with Gasteiger partial charge in [-0.2, -0.15) is 0 Å². The number of rotatable bonds is 9. The number of carbonyl (C=O) groups is 2. The summed E-state index contributed by atoms with van der Waals surface area (Å²) in [6, 6.07) is 28.9. The predicted octanol–water partition coefficient (Wildman–Crippen LogP) is 4.70. The van der Waals surface area contributed by atoms with E-state index in [1.165, 1.54) is 16.7 Å². The van der Waals surface area contributed by atoms with Crippen molar-refractivity contribution in [1.29, 1.82) is 0 Å². The van der Waals surface area contributed by atoms with Crippen molar-refractivity contribution in [3.05, 3.63) is 102 Å². The van der Waals surface area contributed by atoms with E-state index < -0.39 is 0 Å². The van der Waals surface area contributed by atoms with Gasteiger partial charge in [-0.25, -0.2) is 0 Å². The maximum absolute atomic E-state index is 12.7. The Labute approximate surface area is 213 Å². The largest absolute Gasteiger partial charge is 0.362 e. The van der Waals surface area contributed by atoms with E-state index in [-0.39, 0.29) is 31.1 Å². The maximum Gasteiger partial charge on any atom is 0.250 e. The van der Waals surface area contributed by atoms with Gasteiger partial charge in [0, 0.05) is 31.9 Å². The lowest BCUT2D eigenvalue weighted by molar-refractivity contribution is -0.139. The minimum atomic E-state index is -0.265. The van der Waals surface area contributed by atoms with Gasteiger partial charge in [-0.15, -0.1) is 0 Å². The number of benzene rings is 3. The molecule has 1 N–H and O–H groups in total. The zero-order valence-electron chi connectivity index (χ0n) is 21.1. The Kier molecular flexibility index (Phi) is 8.87. The summed E-state index contributed by atoms with van der Waals surface area (Å²) in [7, 11) is 0. The fraction of sp³-hybridized carbons (Fsp3) is 0.333. The van der Waals surface area contributed by atoms with Crippen LogP contribution in [0.3, 0.4) is 0 Å². The number of anilines is 1. The quantitative estimate of drug-likeness (QED) is 0.477. The van der Waals surface area contributed by atoms with E-state index in [0.717, 1.165) is 18.8 Å². The summed E-state index contributed by atoms with van der Waals surface area (Å²) in [5.41, 5.74) is 4.43. The minimum Gasteiger partial charge on any atom is -0.362 e. The average molecular weight is 486 g/mol. The fourth-order valence-electron chi connectivity index (χ4n) is 4.59. The molecule has 2 amide bonds.